The van der Waals surface area contributed by atoms with Gasteiger partial charge in [0.15, 0.2) is 24.6 Å². The second kappa shape index (κ2) is 16.8. The molecule has 15 atom stereocenters. The third kappa shape index (κ3) is 8.03. The molecule has 19 heteroatoms. The lowest BCUT2D eigenvalue weighted by Gasteiger charge is -2.68. The van der Waals surface area contributed by atoms with Crippen molar-refractivity contribution in [3.8, 4) is 0 Å². The Bertz CT molecular complexity index is 1730. The van der Waals surface area contributed by atoms with Crippen LogP contribution in [0, 0.1) is 28.6 Å². The van der Waals surface area contributed by atoms with Crippen LogP contribution in [0.4, 0.5) is 0 Å². The van der Waals surface area contributed by atoms with E-state index in [2.05, 4.69) is 4.79 Å². The molecule has 0 amide bonds. The maximum atomic E-state index is 13.3. The molecule has 5 rings (SSSR count). The number of Topliss-reactive ketones (excluding diaryl/α,β-unsaturated/α-hetero) is 1. The van der Waals surface area contributed by atoms with Gasteiger partial charge in [0.1, 0.15) is 18.8 Å². The molecule has 4 aliphatic carbocycles. The molecule has 0 radical (unpaired) electrons. The Kier molecular flexibility index (Phi) is 12.9. The van der Waals surface area contributed by atoms with Crippen LogP contribution in [-0.4, -0.2) is 130 Å². The van der Waals surface area contributed by atoms with E-state index < -0.39 is 137 Å². The molecule has 322 valence electrons. The number of rotatable bonds is 11. The minimum atomic E-state index is -1.95. The minimum absolute atomic E-state index is 0.0884. The van der Waals surface area contributed by atoms with Crippen LogP contribution in [0.1, 0.15) is 100 Å². The highest BCUT2D eigenvalue weighted by Gasteiger charge is 2.77. The van der Waals surface area contributed by atoms with E-state index >= 15 is 0 Å². The Morgan fingerprint density at radius 3 is 1.93 bits per heavy atom. The average Bonchev–Trinajstić information content (AvgIpc) is 3.36. The summed E-state index contributed by atoms with van der Waals surface area (Å²) in [5.74, 6) is -7.75. The number of ether oxygens (including phenoxy) is 8. The van der Waals surface area contributed by atoms with Crippen LogP contribution in [0.3, 0.4) is 0 Å². The number of carbonyl (C=O) groups is 7. The lowest BCUT2D eigenvalue weighted by Crippen LogP contribution is -2.77. The average molecular weight is 823 g/mol. The summed E-state index contributed by atoms with van der Waals surface area (Å²) in [4.78, 5) is 91.5. The SMILES string of the molecule is CC(=O)OC[C@@]12[C@@H]3[C@@H](CC[C@]1(O)C[C@@H](O[C@@H]1O[C@@H](C)[C@H](OC(C)=O)[C@@H](OC(C)=O)[C@H]1OC(C)=O)C[C@H]2OC(C)=O)[C@@]1(O)CC[C@H](C(=O)C=[N+]=[N-])[C@@]1(C)C[C@H]3OC(C)=O. The fraction of sp³-hybridized carbons (Fsp3) is 0.795. The van der Waals surface area contributed by atoms with Gasteiger partial charge in [-0.3, -0.25) is 33.6 Å². The summed E-state index contributed by atoms with van der Waals surface area (Å²) in [7, 11) is 0. The number of carbonyl (C=O) groups excluding carboxylic acids is 7. The van der Waals surface area contributed by atoms with Gasteiger partial charge < -0.3 is 53.6 Å². The molecule has 0 unspecified atom stereocenters. The minimum Gasteiger partial charge on any atom is -0.465 e. The molecular weight excluding hydrogens is 768 g/mol. The Hall–Kier alpha value is -4.29. The van der Waals surface area contributed by atoms with Crippen LogP contribution < -0.4 is 0 Å². The molecule has 58 heavy (non-hydrogen) atoms. The van der Waals surface area contributed by atoms with Gasteiger partial charge in [-0.2, -0.15) is 4.79 Å². The van der Waals surface area contributed by atoms with E-state index in [9.17, 15) is 49.3 Å². The summed E-state index contributed by atoms with van der Waals surface area (Å²) in [5.41, 5.74) is 2.67. The van der Waals surface area contributed by atoms with Crippen LogP contribution >= 0.6 is 0 Å². The zero-order valence-corrected chi connectivity index (χ0v) is 34.0. The summed E-state index contributed by atoms with van der Waals surface area (Å²) in [6.07, 6.45) is -9.51. The fourth-order valence-electron chi connectivity index (χ4n) is 11.3. The Morgan fingerprint density at radius 1 is 0.776 bits per heavy atom. The Labute approximate surface area is 335 Å². The third-order valence-electron chi connectivity index (χ3n) is 13.2. The number of hydrogen-bond acceptors (Lipinski definition) is 17. The molecule has 4 saturated carbocycles. The van der Waals surface area contributed by atoms with Crippen molar-refractivity contribution >= 4 is 47.8 Å². The van der Waals surface area contributed by atoms with Crippen LogP contribution in [0.25, 0.3) is 5.53 Å². The first-order valence-electron chi connectivity index (χ1n) is 19.5. The van der Waals surface area contributed by atoms with E-state index in [1.165, 1.54) is 13.8 Å². The van der Waals surface area contributed by atoms with Gasteiger partial charge in [-0.05, 0) is 44.9 Å². The zero-order chi connectivity index (χ0) is 43.1. The molecule has 0 aromatic carbocycles. The second-order valence-corrected chi connectivity index (χ2v) is 16.7. The molecule has 2 N–H and O–H groups in total. The third-order valence-corrected chi connectivity index (χ3v) is 13.2. The smallest absolute Gasteiger partial charge is 0.323 e. The molecule has 1 heterocycles. The quantitative estimate of drug-likeness (QED) is 0.0742. The van der Waals surface area contributed by atoms with Crippen LogP contribution in [0.5, 0.6) is 0 Å². The number of nitrogens with zero attached hydrogens (tertiary/aromatic N) is 2. The highest BCUT2D eigenvalue weighted by atomic mass is 16.7. The standard InChI is InChI=1S/C39H54N2O17/c1-18-32(55-22(5)45)33(56-23(6)46)34(57-24(7)47)35(52-18)58-25-13-30(54-21(4)44)38(17-51-19(2)42)31-27(9-11-37(38,49)14-25)39(50)12-10-26(28(48)16-41-40)36(39,8)15-29(31)53-20(3)43/h16,18,25-27,29-35,49-50H,9-15,17H2,1-8H3/t18-,25-,26+,27+,29+,30+,31+,32-,33+,34+,35-,36+,37-,38+,39-/m0/s1. The molecule has 5 fully saturated rings. The predicted molar refractivity (Wildman–Crippen MR) is 192 cm³/mol. The summed E-state index contributed by atoms with van der Waals surface area (Å²) < 4.78 is 46.9. The Balaban J connectivity index is 1.62. The summed E-state index contributed by atoms with van der Waals surface area (Å²) in [6.45, 7) is 9.57. The van der Waals surface area contributed by atoms with Crippen molar-refractivity contribution in [2.45, 2.75) is 161 Å². The maximum absolute atomic E-state index is 13.3. The van der Waals surface area contributed by atoms with E-state index in [4.69, 9.17) is 37.9 Å². The maximum Gasteiger partial charge on any atom is 0.323 e. The molecule has 19 nitrogen and oxygen atoms in total. The molecule has 0 bridgehead atoms. The lowest BCUT2D eigenvalue weighted by molar-refractivity contribution is -0.344. The lowest BCUT2D eigenvalue weighted by atomic mass is 9.40. The van der Waals surface area contributed by atoms with Gasteiger partial charge in [-0.25, -0.2) is 0 Å². The highest BCUT2D eigenvalue weighted by molar-refractivity contribution is 6.26. The van der Waals surface area contributed by atoms with Crippen LogP contribution in [-0.2, 0) is 71.5 Å². The zero-order valence-electron chi connectivity index (χ0n) is 34.0. The topological polar surface area (TPSA) is 270 Å². The molecule has 1 saturated heterocycles. The molecule has 0 aromatic rings. The van der Waals surface area contributed by atoms with Crippen LogP contribution in [0.15, 0.2) is 0 Å². The predicted octanol–water partition coefficient (Wildman–Crippen LogP) is 1.30. The summed E-state index contributed by atoms with van der Waals surface area (Å²) >= 11 is 0. The molecule has 0 spiro atoms. The largest absolute Gasteiger partial charge is 0.465 e. The first kappa shape index (κ1) is 44.8. The van der Waals surface area contributed by atoms with Crippen molar-refractivity contribution in [2.75, 3.05) is 6.61 Å². The van der Waals surface area contributed by atoms with Crippen molar-refractivity contribution in [1.29, 1.82) is 0 Å². The number of hydrogen-bond donors (Lipinski definition) is 2. The van der Waals surface area contributed by atoms with Gasteiger partial charge in [0.05, 0.1) is 28.8 Å². The van der Waals surface area contributed by atoms with Gasteiger partial charge in [-0.15, -0.1) is 0 Å². The molecular formula is C39H54N2O17. The molecule has 0 aromatic heterocycles. The van der Waals surface area contributed by atoms with E-state index in [0.717, 1.165) is 40.8 Å². The van der Waals surface area contributed by atoms with Crippen molar-refractivity contribution < 1.29 is 86.5 Å². The second-order valence-electron chi connectivity index (χ2n) is 16.7. The van der Waals surface area contributed by atoms with Gasteiger partial charge >= 0.3 is 42.0 Å². The monoisotopic (exact) mass is 822 g/mol. The van der Waals surface area contributed by atoms with Crippen molar-refractivity contribution in [1.82, 2.24) is 0 Å². The van der Waals surface area contributed by atoms with Gasteiger partial charge in [0, 0.05) is 71.6 Å². The van der Waals surface area contributed by atoms with E-state index in [1.54, 1.807) is 6.92 Å². The number of ketones is 1. The van der Waals surface area contributed by atoms with E-state index in [-0.39, 0.29) is 44.9 Å². The summed E-state index contributed by atoms with van der Waals surface area (Å²) in [6, 6.07) is 0. The van der Waals surface area contributed by atoms with Gasteiger partial charge in [-0.1, -0.05) is 6.92 Å². The highest BCUT2D eigenvalue weighted by Crippen LogP contribution is 2.71. The molecule has 5 aliphatic rings. The number of aliphatic hydroxyl groups is 2. The van der Waals surface area contributed by atoms with E-state index in [0.29, 0.717) is 0 Å². The molecule has 1 aliphatic heterocycles. The van der Waals surface area contributed by atoms with Gasteiger partial charge in [0.2, 0.25) is 5.78 Å². The first-order valence-corrected chi connectivity index (χ1v) is 19.5. The summed E-state index contributed by atoms with van der Waals surface area (Å²) in [5, 5.41) is 26.0. The van der Waals surface area contributed by atoms with Crippen molar-refractivity contribution in [3.63, 3.8) is 0 Å². The van der Waals surface area contributed by atoms with E-state index in [1.807, 2.05) is 0 Å². The van der Waals surface area contributed by atoms with Gasteiger partial charge in [0.25, 0.3) is 0 Å². The first-order chi connectivity index (χ1) is 27.0. The normalized spacial score (nSPS) is 41.4. The Morgan fingerprint density at radius 2 is 1.36 bits per heavy atom. The van der Waals surface area contributed by atoms with Crippen molar-refractivity contribution in [3.05, 3.63) is 5.53 Å². The van der Waals surface area contributed by atoms with Crippen LogP contribution in [0.2, 0.25) is 0 Å². The number of fused-ring (bicyclic) bond motifs is 5. The van der Waals surface area contributed by atoms with Crippen molar-refractivity contribution in [2.24, 2.45) is 28.6 Å². The number of esters is 6. The fourth-order valence-corrected chi connectivity index (χ4v) is 11.3.